The number of benzene rings is 2. The number of nitrogens with two attached hydrogens (primary N) is 1. The van der Waals surface area contributed by atoms with Crippen molar-refractivity contribution in [2.75, 3.05) is 5.32 Å². The molecule has 0 aliphatic rings. The van der Waals surface area contributed by atoms with E-state index in [0.717, 1.165) is 8.04 Å². The Kier molecular flexibility index (Phi) is 5.59. The molecule has 21 heavy (non-hydrogen) atoms. The summed E-state index contributed by atoms with van der Waals surface area (Å²) in [7, 11) is 0. The van der Waals surface area contributed by atoms with Crippen LogP contribution in [0.25, 0.3) is 0 Å². The first kappa shape index (κ1) is 16.7. The summed E-state index contributed by atoms with van der Waals surface area (Å²) < 4.78 is 1.67. The molecule has 0 bridgehead atoms. The molecule has 3 N–H and O–H groups in total. The zero-order chi connectivity index (χ0) is 15.6. The van der Waals surface area contributed by atoms with Gasteiger partial charge in [0.1, 0.15) is 4.99 Å². The maximum absolute atomic E-state index is 12.4. The molecule has 0 atom stereocenters. The lowest BCUT2D eigenvalue weighted by molar-refractivity contribution is 0.102. The molecule has 7 heteroatoms. The van der Waals surface area contributed by atoms with E-state index >= 15 is 0 Å². The van der Waals surface area contributed by atoms with Crippen molar-refractivity contribution >= 4 is 78.9 Å². The van der Waals surface area contributed by atoms with Gasteiger partial charge in [-0.25, -0.2) is 0 Å². The molecule has 0 unspecified atom stereocenters. The summed E-state index contributed by atoms with van der Waals surface area (Å²) in [6.07, 6.45) is 0. The summed E-state index contributed by atoms with van der Waals surface area (Å²) in [5.41, 5.74) is 7.29. The van der Waals surface area contributed by atoms with Crippen LogP contribution in [0.2, 0.25) is 5.02 Å². The summed E-state index contributed by atoms with van der Waals surface area (Å²) in [6, 6.07) is 10.5. The lowest BCUT2D eigenvalue weighted by Crippen LogP contribution is -2.18. The number of amides is 1. The van der Waals surface area contributed by atoms with E-state index in [1.54, 1.807) is 24.3 Å². The second-order valence-electron chi connectivity index (χ2n) is 4.13. The second kappa shape index (κ2) is 7.04. The number of hydrogen-bond donors (Lipinski definition) is 2. The molecule has 3 nitrogen and oxygen atoms in total. The van der Waals surface area contributed by atoms with Crippen molar-refractivity contribution in [3.63, 3.8) is 0 Å². The van der Waals surface area contributed by atoms with Gasteiger partial charge in [-0.1, -0.05) is 39.7 Å². The van der Waals surface area contributed by atoms with Crippen LogP contribution in [-0.2, 0) is 0 Å². The monoisotopic (exact) mass is 494 g/mol. The van der Waals surface area contributed by atoms with E-state index in [0.29, 0.717) is 21.8 Å². The number of rotatable bonds is 3. The highest BCUT2D eigenvalue weighted by Crippen LogP contribution is 2.24. The zero-order valence-corrected chi connectivity index (χ0v) is 15.8. The fourth-order valence-electron chi connectivity index (χ4n) is 1.70. The Morgan fingerprint density at radius 1 is 1.24 bits per heavy atom. The Labute approximate surface area is 154 Å². The molecule has 2 aromatic carbocycles. The molecule has 0 aromatic heterocycles. The molecule has 0 saturated carbocycles. The normalized spacial score (nSPS) is 10.2. The van der Waals surface area contributed by atoms with E-state index in [1.807, 2.05) is 12.1 Å². The number of hydrogen-bond acceptors (Lipinski definition) is 2. The fourth-order valence-corrected chi connectivity index (χ4v) is 2.99. The van der Waals surface area contributed by atoms with Gasteiger partial charge in [0, 0.05) is 18.6 Å². The standard InChI is InChI=1S/C14H9BrClIN2OS/c15-7-1-4-11(17)10(5-7)14(20)19-12-6-8(16)2-3-9(12)13(18)21/h1-6H,(H2,18,21)(H,19,20). The van der Waals surface area contributed by atoms with E-state index in [2.05, 4.69) is 43.8 Å². The van der Waals surface area contributed by atoms with Gasteiger partial charge in [0.05, 0.1) is 11.3 Å². The average molecular weight is 496 g/mol. The minimum Gasteiger partial charge on any atom is -0.389 e. The summed E-state index contributed by atoms with van der Waals surface area (Å²) in [5, 5.41) is 3.30. The van der Waals surface area contributed by atoms with Crippen LogP contribution in [0.3, 0.4) is 0 Å². The van der Waals surface area contributed by atoms with Crippen molar-refractivity contribution in [2.45, 2.75) is 0 Å². The summed E-state index contributed by atoms with van der Waals surface area (Å²) in [6.45, 7) is 0. The van der Waals surface area contributed by atoms with Crippen LogP contribution in [-0.4, -0.2) is 10.9 Å². The van der Waals surface area contributed by atoms with Crippen molar-refractivity contribution in [2.24, 2.45) is 5.73 Å². The van der Waals surface area contributed by atoms with Gasteiger partial charge in [-0.05, 0) is 59.0 Å². The number of anilines is 1. The minimum absolute atomic E-state index is 0.200. The molecular weight excluding hydrogens is 486 g/mol. The van der Waals surface area contributed by atoms with E-state index < -0.39 is 0 Å². The van der Waals surface area contributed by atoms with Gasteiger partial charge in [0.25, 0.3) is 5.91 Å². The minimum atomic E-state index is -0.250. The SMILES string of the molecule is NC(=S)c1ccc(Cl)cc1NC(=O)c1cc(Br)ccc1I. The Hall–Kier alpha value is -0.700. The number of carbonyl (C=O) groups is 1. The third-order valence-corrected chi connectivity index (χ3v) is 4.56. The Balaban J connectivity index is 2.38. The molecule has 0 aliphatic carbocycles. The molecular formula is C14H9BrClIN2OS. The van der Waals surface area contributed by atoms with Crippen molar-refractivity contribution in [3.8, 4) is 0 Å². The van der Waals surface area contributed by atoms with E-state index in [-0.39, 0.29) is 10.9 Å². The fraction of sp³-hybridized carbons (Fsp3) is 0. The number of carbonyl (C=O) groups excluding carboxylic acids is 1. The van der Waals surface area contributed by atoms with Gasteiger partial charge in [-0.15, -0.1) is 0 Å². The van der Waals surface area contributed by atoms with Gasteiger partial charge < -0.3 is 11.1 Å². The van der Waals surface area contributed by atoms with Crippen molar-refractivity contribution in [3.05, 3.63) is 60.6 Å². The first-order valence-corrected chi connectivity index (χ1v) is 8.40. The van der Waals surface area contributed by atoms with Crippen LogP contribution in [0.5, 0.6) is 0 Å². The Morgan fingerprint density at radius 2 is 1.95 bits per heavy atom. The highest BCUT2D eigenvalue weighted by atomic mass is 127. The van der Waals surface area contributed by atoms with Crippen LogP contribution >= 0.6 is 62.3 Å². The van der Waals surface area contributed by atoms with Crippen LogP contribution in [0.15, 0.2) is 40.9 Å². The summed E-state index contributed by atoms with van der Waals surface area (Å²) in [5.74, 6) is -0.250. The van der Waals surface area contributed by atoms with Gasteiger partial charge >= 0.3 is 0 Å². The maximum Gasteiger partial charge on any atom is 0.256 e. The van der Waals surface area contributed by atoms with Gasteiger partial charge in [-0.2, -0.15) is 0 Å². The topological polar surface area (TPSA) is 55.1 Å². The third-order valence-electron chi connectivity index (χ3n) is 2.67. The van der Waals surface area contributed by atoms with Crippen molar-refractivity contribution in [1.82, 2.24) is 0 Å². The predicted octanol–water partition coefficient (Wildman–Crippen LogP) is 4.59. The molecule has 2 aromatic rings. The Morgan fingerprint density at radius 3 is 2.62 bits per heavy atom. The highest BCUT2D eigenvalue weighted by molar-refractivity contribution is 14.1. The first-order chi connectivity index (χ1) is 9.88. The molecule has 2 rings (SSSR count). The molecule has 0 heterocycles. The average Bonchev–Trinajstić information content (AvgIpc) is 2.41. The van der Waals surface area contributed by atoms with E-state index in [4.69, 9.17) is 29.6 Å². The maximum atomic E-state index is 12.4. The van der Waals surface area contributed by atoms with Gasteiger partial charge in [0.15, 0.2) is 0 Å². The van der Waals surface area contributed by atoms with Crippen LogP contribution in [0, 0.1) is 3.57 Å². The largest absolute Gasteiger partial charge is 0.389 e. The molecule has 1 amide bonds. The van der Waals surface area contributed by atoms with Crippen molar-refractivity contribution in [1.29, 1.82) is 0 Å². The van der Waals surface area contributed by atoms with Crippen LogP contribution in [0.1, 0.15) is 15.9 Å². The second-order valence-corrected chi connectivity index (χ2v) is 7.09. The van der Waals surface area contributed by atoms with E-state index in [9.17, 15) is 4.79 Å². The molecule has 0 fully saturated rings. The van der Waals surface area contributed by atoms with Crippen LogP contribution in [0.4, 0.5) is 5.69 Å². The number of halogens is 3. The number of thiocarbonyl (C=S) groups is 1. The summed E-state index contributed by atoms with van der Waals surface area (Å²) in [4.78, 5) is 12.6. The lowest BCUT2D eigenvalue weighted by atomic mass is 10.1. The quantitative estimate of drug-likeness (QED) is 0.484. The van der Waals surface area contributed by atoms with Crippen molar-refractivity contribution < 1.29 is 4.79 Å². The summed E-state index contributed by atoms with van der Waals surface area (Å²) >= 11 is 16.4. The smallest absolute Gasteiger partial charge is 0.256 e. The predicted molar refractivity (Wildman–Crippen MR) is 102 cm³/mol. The number of nitrogens with one attached hydrogen (secondary N) is 1. The van der Waals surface area contributed by atoms with Gasteiger partial charge in [0.2, 0.25) is 0 Å². The molecule has 0 radical (unpaired) electrons. The molecule has 0 spiro atoms. The first-order valence-electron chi connectivity index (χ1n) is 5.74. The molecule has 0 aliphatic heterocycles. The van der Waals surface area contributed by atoms with Crippen LogP contribution < -0.4 is 11.1 Å². The Bertz CT molecular complexity index is 739. The third kappa shape index (κ3) is 4.15. The zero-order valence-electron chi connectivity index (χ0n) is 10.5. The molecule has 108 valence electrons. The van der Waals surface area contributed by atoms with Gasteiger partial charge in [-0.3, -0.25) is 4.79 Å². The molecule has 0 saturated heterocycles. The van der Waals surface area contributed by atoms with E-state index in [1.165, 1.54) is 0 Å². The highest BCUT2D eigenvalue weighted by Gasteiger charge is 2.14. The lowest BCUT2D eigenvalue weighted by Gasteiger charge is -2.12.